The zero-order chi connectivity index (χ0) is 20.7. The minimum Gasteiger partial charge on any atom is -0.470 e. The quantitative estimate of drug-likeness (QED) is 0.472. The molecule has 0 aliphatic heterocycles. The number of nitrogens with one attached hydrogen (secondary N) is 1. The third kappa shape index (κ3) is 6.01. The van der Waals surface area contributed by atoms with Gasteiger partial charge >= 0.3 is 0 Å². The third-order valence-corrected chi connectivity index (χ3v) is 5.95. The fourth-order valence-electron chi connectivity index (χ4n) is 2.65. The number of aromatic nitrogens is 2. The molecular formula is C21H22BrN3O3S. The van der Waals surface area contributed by atoms with Crippen LogP contribution in [0.4, 0.5) is 5.82 Å². The number of ether oxygens (including phenoxy) is 1. The molecule has 6 nitrogen and oxygen atoms in total. The fourth-order valence-corrected chi connectivity index (χ4v) is 3.92. The SMILES string of the molecule is CCCCc1ccc(S(=O)(=O)Nc2ncc(Br)nc2OCc2ccccc2)cc1. The maximum absolute atomic E-state index is 12.8. The highest BCUT2D eigenvalue weighted by molar-refractivity contribution is 9.10. The molecule has 1 heterocycles. The van der Waals surface area contributed by atoms with Crippen LogP contribution >= 0.6 is 15.9 Å². The van der Waals surface area contributed by atoms with E-state index in [9.17, 15) is 8.42 Å². The van der Waals surface area contributed by atoms with Crippen molar-refractivity contribution in [2.75, 3.05) is 4.72 Å². The Morgan fingerprint density at radius 1 is 1.03 bits per heavy atom. The van der Waals surface area contributed by atoms with Crippen molar-refractivity contribution in [2.45, 2.75) is 37.7 Å². The van der Waals surface area contributed by atoms with Gasteiger partial charge in [-0.25, -0.2) is 18.4 Å². The lowest BCUT2D eigenvalue weighted by Crippen LogP contribution is -2.15. The van der Waals surface area contributed by atoms with Gasteiger partial charge in [-0.15, -0.1) is 0 Å². The second-order valence-corrected chi connectivity index (χ2v) is 8.97. The van der Waals surface area contributed by atoms with Crippen LogP contribution in [0.1, 0.15) is 30.9 Å². The Balaban J connectivity index is 1.77. The molecule has 0 saturated carbocycles. The Labute approximate surface area is 179 Å². The van der Waals surface area contributed by atoms with Gasteiger partial charge in [0, 0.05) is 0 Å². The predicted molar refractivity (Wildman–Crippen MR) is 116 cm³/mol. The van der Waals surface area contributed by atoms with Crippen molar-refractivity contribution in [3.8, 4) is 5.88 Å². The number of hydrogen-bond acceptors (Lipinski definition) is 5. The molecule has 0 spiro atoms. The molecule has 152 valence electrons. The number of benzene rings is 2. The van der Waals surface area contributed by atoms with Gasteiger partial charge in [-0.1, -0.05) is 55.8 Å². The Morgan fingerprint density at radius 2 is 1.76 bits per heavy atom. The molecule has 0 bridgehead atoms. The highest BCUT2D eigenvalue weighted by Gasteiger charge is 2.19. The maximum atomic E-state index is 12.8. The van der Waals surface area contributed by atoms with Crippen molar-refractivity contribution >= 4 is 31.8 Å². The molecule has 0 aliphatic rings. The summed E-state index contributed by atoms with van der Waals surface area (Å²) in [7, 11) is -3.82. The number of rotatable bonds is 9. The van der Waals surface area contributed by atoms with Gasteiger partial charge in [0.2, 0.25) is 5.82 Å². The van der Waals surface area contributed by atoms with Gasteiger partial charge in [-0.05, 0) is 52.0 Å². The van der Waals surface area contributed by atoms with Crippen LogP contribution in [0.5, 0.6) is 5.88 Å². The molecule has 29 heavy (non-hydrogen) atoms. The van der Waals surface area contributed by atoms with Gasteiger partial charge in [-0.2, -0.15) is 0 Å². The first-order valence-corrected chi connectivity index (χ1v) is 11.6. The topological polar surface area (TPSA) is 81.2 Å². The second kappa shape index (κ2) is 9.84. The van der Waals surface area contributed by atoms with E-state index in [1.807, 2.05) is 42.5 Å². The van der Waals surface area contributed by atoms with Crippen LogP contribution in [0.25, 0.3) is 0 Å². The number of anilines is 1. The van der Waals surface area contributed by atoms with Gasteiger partial charge < -0.3 is 4.74 Å². The summed E-state index contributed by atoms with van der Waals surface area (Å²) >= 11 is 3.24. The van der Waals surface area contributed by atoms with Crippen molar-refractivity contribution in [1.29, 1.82) is 0 Å². The van der Waals surface area contributed by atoms with Crippen LogP contribution in [0.15, 0.2) is 70.3 Å². The largest absolute Gasteiger partial charge is 0.470 e. The monoisotopic (exact) mass is 475 g/mol. The van der Waals surface area contributed by atoms with Crippen molar-refractivity contribution in [1.82, 2.24) is 9.97 Å². The number of unbranched alkanes of at least 4 members (excludes halogenated alkanes) is 1. The molecule has 3 aromatic rings. The van der Waals surface area contributed by atoms with Crippen LogP contribution in [-0.2, 0) is 23.1 Å². The number of halogens is 1. The first kappa shape index (κ1) is 21.3. The normalized spacial score (nSPS) is 11.2. The molecule has 1 N–H and O–H groups in total. The summed E-state index contributed by atoms with van der Waals surface area (Å²) in [6.45, 7) is 2.37. The van der Waals surface area contributed by atoms with E-state index in [-0.39, 0.29) is 23.2 Å². The number of sulfonamides is 1. The predicted octanol–water partition coefficient (Wildman–Crippen LogP) is 4.96. The van der Waals surface area contributed by atoms with E-state index >= 15 is 0 Å². The van der Waals surface area contributed by atoms with Gasteiger partial charge in [0.05, 0.1) is 11.1 Å². The summed E-state index contributed by atoms with van der Waals surface area (Å²) in [4.78, 5) is 8.52. The molecule has 0 radical (unpaired) electrons. The summed E-state index contributed by atoms with van der Waals surface area (Å²) in [5, 5.41) is 0. The minimum atomic E-state index is -3.82. The molecule has 0 unspecified atom stereocenters. The summed E-state index contributed by atoms with van der Waals surface area (Å²) < 4.78 is 34.2. The molecule has 0 atom stereocenters. The molecule has 3 rings (SSSR count). The van der Waals surface area contributed by atoms with E-state index in [0.717, 1.165) is 30.4 Å². The number of aryl methyl sites for hydroxylation is 1. The Kier molecular flexibility index (Phi) is 7.22. The van der Waals surface area contributed by atoms with Gasteiger partial charge in [0.15, 0.2) is 0 Å². The molecule has 0 saturated heterocycles. The summed E-state index contributed by atoms with van der Waals surface area (Å²) in [5.41, 5.74) is 2.05. The molecule has 2 aromatic carbocycles. The Morgan fingerprint density at radius 3 is 2.45 bits per heavy atom. The van der Waals surface area contributed by atoms with Crippen molar-refractivity contribution in [3.05, 3.63) is 76.5 Å². The average Bonchev–Trinajstić information content (AvgIpc) is 2.73. The average molecular weight is 476 g/mol. The van der Waals surface area contributed by atoms with Crippen LogP contribution in [0, 0.1) is 0 Å². The lowest BCUT2D eigenvalue weighted by atomic mass is 10.1. The standard InChI is InChI=1S/C21H22BrN3O3S/c1-2-3-7-16-10-12-18(13-11-16)29(26,27)25-20-21(24-19(22)14-23-20)28-15-17-8-5-4-6-9-17/h4-6,8-14H,2-3,7,15H2,1H3,(H,23,25). The number of nitrogens with zero attached hydrogens (tertiary/aromatic N) is 2. The lowest BCUT2D eigenvalue weighted by Gasteiger charge is -2.12. The third-order valence-electron chi connectivity index (χ3n) is 4.21. The van der Waals surface area contributed by atoms with E-state index in [1.165, 1.54) is 6.20 Å². The molecule has 1 aromatic heterocycles. The summed E-state index contributed by atoms with van der Waals surface area (Å²) in [6, 6.07) is 16.4. The van der Waals surface area contributed by atoms with Crippen LogP contribution in [-0.4, -0.2) is 18.4 Å². The zero-order valence-electron chi connectivity index (χ0n) is 16.0. The van der Waals surface area contributed by atoms with Gasteiger partial charge in [0.25, 0.3) is 15.9 Å². The van der Waals surface area contributed by atoms with E-state index in [1.54, 1.807) is 12.1 Å². The first-order valence-electron chi connectivity index (χ1n) is 9.29. The Hall–Kier alpha value is -2.45. The molecule has 0 amide bonds. The molecule has 8 heteroatoms. The smallest absolute Gasteiger partial charge is 0.263 e. The zero-order valence-corrected chi connectivity index (χ0v) is 18.4. The van der Waals surface area contributed by atoms with Crippen LogP contribution < -0.4 is 9.46 Å². The first-order chi connectivity index (χ1) is 14.0. The summed E-state index contributed by atoms with van der Waals surface area (Å²) in [5.74, 6) is 0.144. The maximum Gasteiger partial charge on any atom is 0.263 e. The fraction of sp³-hybridized carbons (Fsp3) is 0.238. The Bertz CT molecular complexity index is 1040. The molecular weight excluding hydrogens is 454 g/mol. The van der Waals surface area contributed by atoms with E-state index in [2.05, 4.69) is 37.5 Å². The molecule has 0 fully saturated rings. The van der Waals surface area contributed by atoms with Crippen LogP contribution in [0.2, 0.25) is 0 Å². The number of hydrogen-bond donors (Lipinski definition) is 1. The minimum absolute atomic E-state index is 0.0409. The van der Waals surface area contributed by atoms with Gasteiger partial charge in [0.1, 0.15) is 11.2 Å². The van der Waals surface area contributed by atoms with Crippen molar-refractivity contribution in [2.24, 2.45) is 0 Å². The van der Waals surface area contributed by atoms with Gasteiger partial charge in [-0.3, -0.25) is 4.72 Å². The second-order valence-electron chi connectivity index (χ2n) is 6.47. The van der Waals surface area contributed by atoms with Crippen molar-refractivity contribution < 1.29 is 13.2 Å². The summed E-state index contributed by atoms with van der Waals surface area (Å²) in [6.07, 6.45) is 4.51. The van der Waals surface area contributed by atoms with E-state index in [4.69, 9.17) is 4.74 Å². The van der Waals surface area contributed by atoms with E-state index < -0.39 is 10.0 Å². The highest BCUT2D eigenvalue weighted by atomic mass is 79.9. The molecule has 0 aliphatic carbocycles. The van der Waals surface area contributed by atoms with Crippen LogP contribution in [0.3, 0.4) is 0 Å². The van der Waals surface area contributed by atoms with E-state index in [0.29, 0.717) is 4.60 Å². The lowest BCUT2D eigenvalue weighted by molar-refractivity contribution is 0.294. The highest BCUT2D eigenvalue weighted by Crippen LogP contribution is 2.25. The van der Waals surface area contributed by atoms with Crippen molar-refractivity contribution in [3.63, 3.8) is 0 Å².